The zero-order chi connectivity index (χ0) is 22.3. The molecule has 160 valence electrons. The number of nitrogens with zero attached hydrogens (tertiary/aromatic N) is 2. The van der Waals surface area contributed by atoms with Gasteiger partial charge in [0.05, 0.1) is 11.3 Å². The average molecular weight is 425 g/mol. The number of amides is 2. The third-order valence-corrected chi connectivity index (χ3v) is 5.63. The number of fused-ring (bicyclic) bond motifs is 1. The van der Waals surface area contributed by atoms with Crippen molar-refractivity contribution in [1.29, 1.82) is 5.26 Å². The van der Waals surface area contributed by atoms with Crippen molar-refractivity contribution in [3.63, 3.8) is 0 Å². The highest BCUT2D eigenvalue weighted by Crippen LogP contribution is 2.24. The number of hydrogen-bond donors (Lipinski definition) is 2. The van der Waals surface area contributed by atoms with Crippen molar-refractivity contribution < 1.29 is 9.59 Å². The molecule has 0 saturated carbocycles. The summed E-state index contributed by atoms with van der Waals surface area (Å²) in [5.74, 6) is -1.50. The highest BCUT2D eigenvalue weighted by molar-refractivity contribution is 6.39. The van der Waals surface area contributed by atoms with Gasteiger partial charge in [0.25, 0.3) is 0 Å². The molecular weight excluding hydrogens is 400 g/mol. The first-order valence-electron chi connectivity index (χ1n) is 10.6. The SMILES string of the molecule is N#Cc1ccccc1NC(=O)C(=O)NCCc1ccc(N2CCc3ccccc3C2)cc1. The number of para-hydroxylation sites is 1. The molecule has 6 nitrogen and oxygen atoms in total. The van der Waals surface area contributed by atoms with Crippen LogP contribution in [-0.4, -0.2) is 24.9 Å². The van der Waals surface area contributed by atoms with Crippen molar-refractivity contribution >= 4 is 23.2 Å². The molecule has 6 heteroatoms. The average Bonchev–Trinajstić information content (AvgIpc) is 2.84. The van der Waals surface area contributed by atoms with E-state index in [-0.39, 0.29) is 0 Å². The van der Waals surface area contributed by atoms with Crippen LogP contribution in [0.15, 0.2) is 72.8 Å². The fraction of sp³-hybridized carbons (Fsp3) is 0.192. The lowest BCUT2D eigenvalue weighted by Crippen LogP contribution is -2.36. The Balaban J connectivity index is 1.26. The summed E-state index contributed by atoms with van der Waals surface area (Å²) in [6, 6.07) is 25.5. The smallest absolute Gasteiger partial charge is 0.313 e. The first-order valence-corrected chi connectivity index (χ1v) is 10.6. The third-order valence-electron chi connectivity index (χ3n) is 5.63. The predicted octanol–water partition coefficient (Wildman–Crippen LogP) is 3.42. The number of hydrogen-bond acceptors (Lipinski definition) is 4. The van der Waals surface area contributed by atoms with Gasteiger partial charge in [-0.2, -0.15) is 5.26 Å². The molecule has 1 heterocycles. The Morgan fingerprint density at radius 1 is 0.906 bits per heavy atom. The molecule has 0 radical (unpaired) electrons. The summed E-state index contributed by atoms with van der Waals surface area (Å²) in [7, 11) is 0. The van der Waals surface area contributed by atoms with Crippen LogP contribution >= 0.6 is 0 Å². The minimum absolute atomic E-state index is 0.311. The first kappa shape index (κ1) is 21.1. The Labute approximate surface area is 187 Å². The van der Waals surface area contributed by atoms with Gasteiger partial charge in [0, 0.05) is 25.3 Å². The van der Waals surface area contributed by atoms with E-state index in [1.807, 2.05) is 6.07 Å². The summed E-state index contributed by atoms with van der Waals surface area (Å²) < 4.78 is 0. The maximum absolute atomic E-state index is 12.1. The van der Waals surface area contributed by atoms with Crippen molar-refractivity contribution in [2.45, 2.75) is 19.4 Å². The second-order valence-electron chi connectivity index (χ2n) is 7.72. The minimum atomic E-state index is -0.784. The second kappa shape index (κ2) is 9.80. The maximum Gasteiger partial charge on any atom is 0.313 e. The number of anilines is 2. The number of nitriles is 1. The molecule has 0 unspecified atom stereocenters. The Kier molecular flexibility index (Phi) is 6.47. The van der Waals surface area contributed by atoms with Gasteiger partial charge in [-0.3, -0.25) is 9.59 Å². The van der Waals surface area contributed by atoms with Crippen LogP contribution in [0, 0.1) is 11.3 Å². The molecule has 0 bridgehead atoms. The molecule has 1 aliphatic rings. The lowest BCUT2D eigenvalue weighted by Gasteiger charge is -2.30. The van der Waals surface area contributed by atoms with Crippen LogP contribution in [0.4, 0.5) is 11.4 Å². The van der Waals surface area contributed by atoms with Gasteiger partial charge in [0.2, 0.25) is 0 Å². The molecule has 0 aliphatic carbocycles. The zero-order valence-corrected chi connectivity index (χ0v) is 17.7. The highest BCUT2D eigenvalue weighted by Gasteiger charge is 2.17. The second-order valence-corrected chi connectivity index (χ2v) is 7.72. The molecule has 0 saturated heterocycles. The number of benzene rings is 3. The van der Waals surface area contributed by atoms with Crippen molar-refractivity contribution in [3.05, 3.63) is 95.1 Å². The standard InChI is InChI=1S/C26H24N4O2/c27-17-21-6-3-4-8-24(21)29-26(32)25(31)28-15-13-19-9-11-23(12-10-19)30-16-14-20-5-1-2-7-22(20)18-30/h1-12H,13-16,18H2,(H,28,31)(H,29,32). The highest BCUT2D eigenvalue weighted by atomic mass is 16.2. The maximum atomic E-state index is 12.1. The Bertz CT molecular complexity index is 1160. The van der Waals surface area contributed by atoms with Crippen LogP contribution < -0.4 is 15.5 Å². The Morgan fingerprint density at radius 3 is 2.41 bits per heavy atom. The van der Waals surface area contributed by atoms with E-state index in [9.17, 15) is 9.59 Å². The number of carbonyl (C=O) groups excluding carboxylic acids is 2. The number of rotatable bonds is 5. The van der Waals surface area contributed by atoms with E-state index in [1.165, 1.54) is 16.8 Å². The molecule has 0 spiro atoms. The van der Waals surface area contributed by atoms with Gasteiger partial charge in [-0.05, 0) is 53.8 Å². The first-order chi connectivity index (χ1) is 15.6. The summed E-state index contributed by atoms with van der Waals surface area (Å²) >= 11 is 0. The number of nitrogens with one attached hydrogen (secondary N) is 2. The summed E-state index contributed by atoms with van der Waals surface area (Å²) in [5, 5.41) is 14.2. The molecular formula is C26H24N4O2. The quantitative estimate of drug-likeness (QED) is 0.615. The molecule has 1 aliphatic heterocycles. The molecule has 2 N–H and O–H groups in total. The zero-order valence-electron chi connectivity index (χ0n) is 17.7. The van der Waals surface area contributed by atoms with Gasteiger partial charge in [0.15, 0.2) is 0 Å². The van der Waals surface area contributed by atoms with Crippen LogP contribution in [0.5, 0.6) is 0 Å². The molecule has 3 aromatic carbocycles. The minimum Gasteiger partial charge on any atom is -0.367 e. The normalized spacial score (nSPS) is 12.4. The molecule has 0 aromatic heterocycles. The third kappa shape index (κ3) is 4.96. The Hall–Kier alpha value is -4.11. The van der Waals surface area contributed by atoms with Crippen molar-refractivity contribution in [3.8, 4) is 6.07 Å². The molecule has 0 atom stereocenters. The van der Waals surface area contributed by atoms with Gasteiger partial charge >= 0.3 is 11.8 Å². The largest absolute Gasteiger partial charge is 0.367 e. The van der Waals surface area contributed by atoms with Gasteiger partial charge in [-0.15, -0.1) is 0 Å². The van der Waals surface area contributed by atoms with E-state index in [2.05, 4.69) is 64.1 Å². The van der Waals surface area contributed by atoms with Crippen LogP contribution in [0.25, 0.3) is 0 Å². The van der Waals surface area contributed by atoms with Crippen LogP contribution in [0.2, 0.25) is 0 Å². The monoisotopic (exact) mass is 424 g/mol. The molecule has 0 fully saturated rings. The van der Waals surface area contributed by atoms with Gasteiger partial charge in [-0.25, -0.2) is 0 Å². The lowest BCUT2D eigenvalue weighted by atomic mass is 9.99. The summed E-state index contributed by atoms with van der Waals surface area (Å²) in [4.78, 5) is 26.6. The molecule has 3 aromatic rings. The van der Waals surface area contributed by atoms with Gasteiger partial charge in [-0.1, -0.05) is 48.5 Å². The van der Waals surface area contributed by atoms with Crippen molar-refractivity contribution in [2.75, 3.05) is 23.3 Å². The number of carbonyl (C=O) groups is 2. The van der Waals surface area contributed by atoms with Crippen molar-refractivity contribution in [2.24, 2.45) is 0 Å². The van der Waals surface area contributed by atoms with E-state index in [1.54, 1.807) is 24.3 Å². The topological polar surface area (TPSA) is 85.2 Å². The lowest BCUT2D eigenvalue weighted by molar-refractivity contribution is -0.136. The van der Waals surface area contributed by atoms with Gasteiger partial charge in [0.1, 0.15) is 6.07 Å². The summed E-state index contributed by atoms with van der Waals surface area (Å²) in [5.41, 5.74) is 5.71. The summed E-state index contributed by atoms with van der Waals surface area (Å²) in [6.07, 6.45) is 1.67. The Morgan fingerprint density at radius 2 is 1.62 bits per heavy atom. The van der Waals surface area contributed by atoms with E-state index >= 15 is 0 Å². The fourth-order valence-electron chi connectivity index (χ4n) is 3.86. The van der Waals surface area contributed by atoms with Crippen LogP contribution in [0.1, 0.15) is 22.3 Å². The van der Waals surface area contributed by atoms with Crippen LogP contribution in [0.3, 0.4) is 0 Å². The van der Waals surface area contributed by atoms with E-state index in [4.69, 9.17) is 5.26 Å². The predicted molar refractivity (Wildman–Crippen MR) is 124 cm³/mol. The van der Waals surface area contributed by atoms with E-state index < -0.39 is 11.8 Å². The fourth-order valence-corrected chi connectivity index (χ4v) is 3.86. The molecule has 4 rings (SSSR count). The van der Waals surface area contributed by atoms with Crippen LogP contribution in [-0.2, 0) is 29.0 Å². The molecule has 32 heavy (non-hydrogen) atoms. The van der Waals surface area contributed by atoms with E-state index in [0.29, 0.717) is 24.2 Å². The van der Waals surface area contributed by atoms with Gasteiger partial charge < -0.3 is 15.5 Å². The van der Waals surface area contributed by atoms with Crippen molar-refractivity contribution in [1.82, 2.24) is 5.32 Å². The summed E-state index contributed by atoms with van der Waals surface area (Å²) in [6.45, 7) is 2.26. The van der Waals surface area contributed by atoms with E-state index in [0.717, 1.165) is 25.1 Å². The molecule has 2 amide bonds.